The fourth-order valence-electron chi connectivity index (χ4n) is 2.83. The molecule has 1 amide bonds. The molecule has 0 aliphatic rings. The molecule has 2 aromatic carbocycles. The Bertz CT molecular complexity index is 1130. The maximum Gasteiger partial charge on any atom is 0.352 e. The quantitative estimate of drug-likeness (QED) is 0.487. The van der Waals surface area contributed by atoms with Crippen LogP contribution in [0.3, 0.4) is 0 Å². The van der Waals surface area contributed by atoms with E-state index >= 15 is 0 Å². The Morgan fingerprint density at radius 1 is 1.00 bits per heavy atom. The third kappa shape index (κ3) is 4.12. The predicted octanol–water partition coefficient (Wildman–Crippen LogP) is 1.28. The summed E-state index contributed by atoms with van der Waals surface area (Å²) in [5.74, 6) is -1.64. The number of rotatable bonds is 6. The zero-order valence-electron chi connectivity index (χ0n) is 14.2. The molecule has 1 heterocycles. The molecule has 0 bridgehead atoms. The van der Waals surface area contributed by atoms with Crippen molar-refractivity contribution in [3.8, 4) is 0 Å². The van der Waals surface area contributed by atoms with Crippen LogP contribution in [-0.4, -0.2) is 33.5 Å². The van der Waals surface area contributed by atoms with Crippen molar-refractivity contribution in [2.45, 2.75) is 12.8 Å². The zero-order chi connectivity index (χ0) is 19.4. The summed E-state index contributed by atoms with van der Waals surface area (Å²) < 4.78 is 0. The van der Waals surface area contributed by atoms with Gasteiger partial charge >= 0.3 is 11.7 Å². The monoisotopic (exact) mass is 367 g/mol. The number of hydrogen-bond acceptors (Lipinski definition) is 4. The number of carbonyl (C=O) groups excluding carboxylic acids is 1. The number of carboxylic acids is 1. The van der Waals surface area contributed by atoms with Gasteiger partial charge in [-0.3, -0.25) is 14.6 Å². The molecular formula is C19H17N3O5. The summed E-state index contributed by atoms with van der Waals surface area (Å²) in [6, 6.07) is 13.1. The molecule has 8 heteroatoms. The van der Waals surface area contributed by atoms with Gasteiger partial charge in [0.25, 0.3) is 11.5 Å². The number of fused-ring (bicyclic) bond motifs is 1. The van der Waals surface area contributed by atoms with E-state index in [9.17, 15) is 19.2 Å². The standard InChI is InChI=1S/C19H17N3O5/c23-16(13-8-7-11-4-1-2-5-12(11)10-13)20-9-3-6-14-15(18(25)26)21-19(27)22-17(14)24/h1-2,4-5,7-8,10H,3,6,9H2,(H,20,23)(H,25,26)(H2,21,22,24,27). The summed E-state index contributed by atoms with van der Waals surface area (Å²) in [7, 11) is 0. The summed E-state index contributed by atoms with van der Waals surface area (Å²) in [5, 5.41) is 13.8. The number of carbonyl (C=O) groups is 2. The van der Waals surface area contributed by atoms with E-state index in [0.717, 1.165) is 10.8 Å². The summed E-state index contributed by atoms with van der Waals surface area (Å²) in [6.45, 7) is 0.253. The fraction of sp³-hybridized carbons (Fsp3) is 0.158. The van der Waals surface area contributed by atoms with Gasteiger partial charge in [0.1, 0.15) is 5.69 Å². The third-order valence-corrected chi connectivity index (χ3v) is 4.16. The van der Waals surface area contributed by atoms with Crippen LogP contribution in [-0.2, 0) is 6.42 Å². The molecule has 0 saturated heterocycles. The number of nitrogens with one attached hydrogen (secondary N) is 3. The zero-order valence-corrected chi connectivity index (χ0v) is 14.2. The highest BCUT2D eigenvalue weighted by molar-refractivity contribution is 5.98. The maximum absolute atomic E-state index is 12.3. The average Bonchev–Trinajstić information content (AvgIpc) is 2.65. The summed E-state index contributed by atoms with van der Waals surface area (Å²) in [6.07, 6.45) is 0.445. The number of benzene rings is 2. The fourth-order valence-corrected chi connectivity index (χ4v) is 2.83. The molecular weight excluding hydrogens is 350 g/mol. The molecule has 0 spiro atoms. The number of aromatic carboxylic acids is 1. The molecule has 1 aromatic heterocycles. The van der Waals surface area contributed by atoms with Gasteiger partial charge in [-0.05, 0) is 35.7 Å². The molecule has 0 fully saturated rings. The van der Waals surface area contributed by atoms with Crippen molar-refractivity contribution in [2.75, 3.05) is 6.54 Å². The van der Waals surface area contributed by atoms with Gasteiger partial charge < -0.3 is 15.4 Å². The SMILES string of the molecule is O=C(NCCCc1c(C(=O)O)[nH]c(=O)[nH]c1=O)c1ccc2ccccc2c1. The van der Waals surface area contributed by atoms with E-state index in [2.05, 4.69) is 10.3 Å². The van der Waals surface area contributed by atoms with E-state index < -0.39 is 22.9 Å². The normalized spacial score (nSPS) is 10.7. The lowest BCUT2D eigenvalue weighted by atomic mass is 10.1. The molecule has 3 aromatic rings. The largest absolute Gasteiger partial charge is 0.477 e. The van der Waals surface area contributed by atoms with Crippen LogP contribution < -0.4 is 16.6 Å². The number of H-pyrrole nitrogens is 2. The highest BCUT2D eigenvalue weighted by Gasteiger charge is 2.15. The number of amides is 1. The smallest absolute Gasteiger partial charge is 0.352 e. The van der Waals surface area contributed by atoms with E-state index in [0.29, 0.717) is 12.0 Å². The number of aromatic amines is 2. The topological polar surface area (TPSA) is 132 Å². The Morgan fingerprint density at radius 2 is 1.74 bits per heavy atom. The van der Waals surface area contributed by atoms with E-state index in [1.165, 1.54) is 0 Å². The molecule has 138 valence electrons. The Balaban J connectivity index is 1.63. The lowest BCUT2D eigenvalue weighted by Gasteiger charge is -2.07. The molecule has 27 heavy (non-hydrogen) atoms. The third-order valence-electron chi connectivity index (χ3n) is 4.16. The second-order valence-corrected chi connectivity index (χ2v) is 5.99. The Labute approximate surface area is 152 Å². The van der Waals surface area contributed by atoms with Crippen molar-refractivity contribution in [2.24, 2.45) is 0 Å². The highest BCUT2D eigenvalue weighted by atomic mass is 16.4. The molecule has 8 nitrogen and oxygen atoms in total. The average molecular weight is 367 g/mol. The molecule has 0 aliphatic heterocycles. The first-order valence-corrected chi connectivity index (χ1v) is 8.31. The number of carboxylic acid groups (broad SMARTS) is 1. The van der Waals surface area contributed by atoms with Crippen molar-refractivity contribution in [3.05, 3.63) is 80.1 Å². The first-order valence-electron chi connectivity index (χ1n) is 8.31. The predicted molar refractivity (Wildman–Crippen MR) is 99.2 cm³/mol. The van der Waals surface area contributed by atoms with Crippen molar-refractivity contribution in [1.82, 2.24) is 15.3 Å². The van der Waals surface area contributed by atoms with Crippen LogP contribution in [0, 0.1) is 0 Å². The maximum atomic E-state index is 12.3. The summed E-state index contributed by atoms with van der Waals surface area (Å²) in [4.78, 5) is 50.6. The van der Waals surface area contributed by atoms with E-state index in [4.69, 9.17) is 5.11 Å². The highest BCUT2D eigenvalue weighted by Crippen LogP contribution is 2.15. The molecule has 0 aliphatic carbocycles. The second kappa shape index (κ2) is 7.69. The molecule has 0 saturated carbocycles. The first kappa shape index (κ1) is 18.1. The Kier molecular flexibility index (Phi) is 5.16. The first-order chi connectivity index (χ1) is 13.0. The van der Waals surface area contributed by atoms with Crippen LogP contribution in [0.5, 0.6) is 0 Å². The van der Waals surface area contributed by atoms with Crippen molar-refractivity contribution >= 4 is 22.6 Å². The van der Waals surface area contributed by atoms with E-state index in [1.807, 2.05) is 35.3 Å². The molecule has 0 unspecified atom stereocenters. The van der Waals surface area contributed by atoms with Gasteiger partial charge in [0.05, 0.1) is 0 Å². The Morgan fingerprint density at radius 3 is 2.48 bits per heavy atom. The van der Waals surface area contributed by atoms with Crippen LogP contribution in [0.25, 0.3) is 10.8 Å². The van der Waals surface area contributed by atoms with Crippen molar-refractivity contribution < 1.29 is 14.7 Å². The van der Waals surface area contributed by atoms with Crippen LogP contribution in [0.1, 0.15) is 32.8 Å². The minimum absolute atomic E-state index is 0.0259. The number of hydrogen-bond donors (Lipinski definition) is 4. The van der Waals surface area contributed by atoms with E-state index in [1.54, 1.807) is 12.1 Å². The van der Waals surface area contributed by atoms with Crippen LogP contribution in [0.15, 0.2) is 52.1 Å². The second-order valence-electron chi connectivity index (χ2n) is 5.99. The van der Waals surface area contributed by atoms with Crippen LogP contribution in [0.4, 0.5) is 0 Å². The number of aromatic nitrogens is 2. The summed E-state index contributed by atoms with van der Waals surface area (Å²) >= 11 is 0. The van der Waals surface area contributed by atoms with Gasteiger partial charge in [0, 0.05) is 17.7 Å². The van der Waals surface area contributed by atoms with Gasteiger partial charge in [0.15, 0.2) is 0 Å². The van der Waals surface area contributed by atoms with Gasteiger partial charge in [0.2, 0.25) is 0 Å². The van der Waals surface area contributed by atoms with Crippen molar-refractivity contribution in [1.29, 1.82) is 0 Å². The molecule has 3 rings (SSSR count). The van der Waals surface area contributed by atoms with Crippen LogP contribution >= 0.6 is 0 Å². The van der Waals surface area contributed by atoms with Gasteiger partial charge in [-0.1, -0.05) is 30.3 Å². The van der Waals surface area contributed by atoms with E-state index in [-0.39, 0.29) is 24.4 Å². The van der Waals surface area contributed by atoms with Crippen LogP contribution in [0.2, 0.25) is 0 Å². The van der Waals surface area contributed by atoms with Gasteiger partial charge in [-0.2, -0.15) is 0 Å². The lowest BCUT2D eigenvalue weighted by molar-refractivity contribution is 0.0687. The lowest BCUT2D eigenvalue weighted by Crippen LogP contribution is -2.31. The minimum atomic E-state index is -1.38. The van der Waals surface area contributed by atoms with Gasteiger partial charge in [-0.15, -0.1) is 0 Å². The molecule has 0 atom stereocenters. The molecule has 0 radical (unpaired) electrons. The minimum Gasteiger partial charge on any atom is -0.477 e. The Hall–Kier alpha value is -3.68. The van der Waals surface area contributed by atoms with Gasteiger partial charge in [-0.25, -0.2) is 9.59 Å². The van der Waals surface area contributed by atoms with Crippen molar-refractivity contribution in [3.63, 3.8) is 0 Å². The molecule has 4 N–H and O–H groups in total. The summed E-state index contributed by atoms with van der Waals surface area (Å²) in [5.41, 5.74) is -1.55.